The predicted molar refractivity (Wildman–Crippen MR) is 183 cm³/mol. The molecule has 50 heavy (non-hydrogen) atoms. The summed E-state index contributed by atoms with van der Waals surface area (Å²) in [6.45, 7) is 4.28. The maximum absolute atomic E-state index is 13.3. The first-order valence-corrected chi connectivity index (χ1v) is 17.0. The molecule has 0 bridgehead atoms. The molecule has 5 atom stereocenters. The molecule has 0 N–H and O–H groups in total. The van der Waals surface area contributed by atoms with Crippen molar-refractivity contribution in [3.05, 3.63) is 118 Å². The molecule has 2 aliphatic rings. The first kappa shape index (κ1) is 37.2. The Kier molecular flexibility index (Phi) is 15.8. The van der Waals surface area contributed by atoms with Crippen molar-refractivity contribution in [1.82, 2.24) is 4.90 Å². The summed E-state index contributed by atoms with van der Waals surface area (Å²) in [6.07, 6.45) is -2.43. The number of nitrogens with zero attached hydrogens (tertiary/aromatic N) is 4. The molecule has 268 valence electrons. The minimum Gasteiger partial charge on any atom is -0.442 e. The van der Waals surface area contributed by atoms with Gasteiger partial charge in [0.05, 0.1) is 85.3 Å². The lowest BCUT2D eigenvalue weighted by molar-refractivity contribution is -0.218. The first-order chi connectivity index (χ1) is 24.7. The fourth-order valence-corrected chi connectivity index (χ4v) is 5.76. The van der Waals surface area contributed by atoms with Gasteiger partial charge in [-0.05, 0) is 22.2 Å². The number of ether oxygens (including phenoxy) is 8. The van der Waals surface area contributed by atoms with Crippen LogP contribution in [0.5, 0.6) is 0 Å². The van der Waals surface area contributed by atoms with E-state index in [4.69, 9.17) is 43.4 Å². The van der Waals surface area contributed by atoms with Gasteiger partial charge in [-0.25, -0.2) is 4.79 Å². The zero-order chi connectivity index (χ0) is 34.6. The van der Waals surface area contributed by atoms with Gasteiger partial charge in [0.15, 0.2) is 0 Å². The van der Waals surface area contributed by atoms with E-state index in [-0.39, 0.29) is 26.4 Å². The Morgan fingerprint density at radius 3 is 1.88 bits per heavy atom. The molecule has 13 nitrogen and oxygen atoms in total. The highest BCUT2D eigenvalue weighted by molar-refractivity contribution is 5.70. The Labute approximate surface area is 292 Å². The normalized spacial score (nSPS) is 21.9. The van der Waals surface area contributed by atoms with Gasteiger partial charge in [0.1, 0.15) is 24.4 Å². The zero-order valence-electron chi connectivity index (χ0n) is 28.2. The summed E-state index contributed by atoms with van der Waals surface area (Å²) >= 11 is 0. The first-order valence-electron chi connectivity index (χ1n) is 17.0. The van der Waals surface area contributed by atoms with Crippen molar-refractivity contribution in [3.8, 4) is 0 Å². The number of amides is 1. The van der Waals surface area contributed by atoms with E-state index in [0.29, 0.717) is 59.4 Å². The standard InChI is InChI=1S/C37H46N4O9/c38-40-39-16-17-43-18-19-44-20-21-45-26-32-22-41(37(42)50-32)33-27-47-34(28-46-23-29-10-4-1-5-11-29)36(49-25-31-14-8-3-9-15-31)35(33)48-24-30-12-6-2-7-13-30/h1-15,32-36H,16-28H2/t32-,33+,34-,35-,36+/m1/s1. The van der Waals surface area contributed by atoms with E-state index in [9.17, 15) is 4.79 Å². The highest BCUT2D eigenvalue weighted by Crippen LogP contribution is 2.30. The maximum atomic E-state index is 13.3. The monoisotopic (exact) mass is 690 g/mol. The Morgan fingerprint density at radius 1 is 0.700 bits per heavy atom. The van der Waals surface area contributed by atoms with Crippen LogP contribution >= 0.6 is 0 Å². The number of carbonyl (C=O) groups excluding carboxylic acids is 1. The zero-order valence-corrected chi connectivity index (χ0v) is 28.2. The van der Waals surface area contributed by atoms with E-state index in [2.05, 4.69) is 10.0 Å². The fraction of sp³-hybridized carbons (Fsp3) is 0.486. The molecule has 0 unspecified atom stereocenters. The summed E-state index contributed by atoms with van der Waals surface area (Å²) < 4.78 is 48.2. The molecule has 2 aliphatic heterocycles. The predicted octanol–water partition coefficient (Wildman–Crippen LogP) is 5.32. The molecule has 0 saturated carbocycles. The summed E-state index contributed by atoms with van der Waals surface area (Å²) in [7, 11) is 0. The smallest absolute Gasteiger partial charge is 0.410 e. The third-order valence-electron chi connectivity index (χ3n) is 8.26. The van der Waals surface area contributed by atoms with E-state index in [0.717, 1.165) is 16.7 Å². The van der Waals surface area contributed by atoms with Crippen LogP contribution in [0.15, 0.2) is 96.1 Å². The van der Waals surface area contributed by atoms with Gasteiger partial charge in [0.2, 0.25) is 0 Å². The third-order valence-corrected chi connectivity index (χ3v) is 8.26. The molecule has 0 radical (unpaired) electrons. The Hall–Kier alpha value is -4.04. The van der Waals surface area contributed by atoms with Crippen LogP contribution in [0.1, 0.15) is 16.7 Å². The van der Waals surface area contributed by atoms with Crippen molar-refractivity contribution < 1.29 is 42.7 Å². The van der Waals surface area contributed by atoms with E-state index < -0.39 is 36.6 Å². The summed E-state index contributed by atoms with van der Waals surface area (Å²) in [4.78, 5) is 17.7. The minimum absolute atomic E-state index is 0.223. The lowest BCUT2D eigenvalue weighted by Gasteiger charge is -2.44. The van der Waals surface area contributed by atoms with E-state index in [1.54, 1.807) is 4.90 Å². The van der Waals surface area contributed by atoms with Gasteiger partial charge < -0.3 is 37.9 Å². The average molecular weight is 691 g/mol. The number of rotatable bonds is 22. The summed E-state index contributed by atoms with van der Waals surface area (Å²) in [6, 6.07) is 29.4. The molecule has 5 rings (SSSR count). The Bertz CT molecular complexity index is 1430. The fourth-order valence-electron chi connectivity index (χ4n) is 5.76. The molecular weight excluding hydrogens is 644 g/mol. The number of cyclic esters (lactones) is 1. The Morgan fingerprint density at radius 2 is 1.26 bits per heavy atom. The van der Waals surface area contributed by atoms with Crippen LogP contribution in [0, 0.1) is 0 Å². The largest absolute Gasteiger partial charge is 0.442 e. The quantitative estimate of drug-likeness (QED) is 0.0592. The van der Waals surface area contributed by atoms with Crippen LogP contribution in [0.2, 0.25) is 0 Å². The van der Waals surface area contributed by atoms with Gasteiger partial charge in [-0.2, -0.15) is 0 Å². The van der Waals surface area contributed by atoms with Crippen LogP contribution in [0.3, 0.4) is 0 Å². The van der Waals surface area contributed by atoms with Crippen LogP contribution in [0.25, 0.3) is 10.4 Å². The minimum atomic E-state index is -0.545. The van der Waals surface area contributed by atoms with Crippen LogP contribution in [0.4, 0.5) is 4.79 Å². The topological polar surface area (TPSA) is 143 Å². The summed E-state index contributed by atoms with van der Waals surface area (Å²) in [5.41, 5.74) is 11.4. The second-order valence-electron chi connectivity index (χ2n) is 11.9. The number of azide groups is 1. The summed E-state index contributed by atoms with van der Waals surface area (Å²) in [5.74, 6) is 0. The molecule has 2 saturated heterocycles. The molecular formula is C37H46N4O9. The van der Waals surface area contributed by atoms with Gasteiger partial charge in [0, 0.05) is 11.5 Å². The second-order valence-corrected chi connectivity index (χ2v) is 11.9. The molecule has 0 spiro atoms. The maximum Gasteiger partial charge on any atom is 0.410 e. The summed E-state index contributed by atoms with van der Waals surface area (Å²) in [5, 5.41) is 3.41. The lowest BCUT2D eigenvalue weighted by Crippen LogP contribution is -2.62. The van der Waals surface area contributed by atoms with Crippen LogP contribution in [-0.4, -0.2) is 107 Å². The van der Waals surface area contributed by atoms with Gasteiger partial charge in [-0.15, -0.1) is 0 Å². The van der Waals surface area contributed by atoms with Crippen LogP contribution < -0.4 is 0 Å². The molecule has 0 aliphatic carbocycles. The number of hydrogen-bond acceptors (Lipinski definition) is 10. The molecule has 2 heterocycles. The van der Waals surface area contributed by atoms with Gasteiger partial charge >= 0.3 is 6.09 Å². The highest BCUT2D eigenvalue weighted by Gasteiger charge is 2.49. The van der Waals surface area contributed by atoms with E-state index >= 15 is 0 Å². The molecule has 2 fully saturated rings. The van der Waals surface area contributed by atoms with Gasteiger partial charge in [-0.1, -0.05) is 96.1 Å². The molecule has 3 aromatic rings. The van der Waals surface area contributed by atoms with Crippen LogP contribution in [-0.2, 0) is 57.7 Å². The second kappa shape index (κ2) is 21.2. The molecule has 3 aromatic carbocycles. The van der Waals surface area contributed by atoms with Crippen molar-refractivity contribution in [2.45, 2.75) is 50.3 Å². The van der Waals surface area contributed by atoms with Crippen molar-refractivity contribution >= 4 is 6.09 Å². The van der Waals surface area contributed by atoms with Gasteiger partial charge in [-0.3, -0.25) is 4.90 Å². The molecule has 1 amide bonds. The number of carbonyl (C=O) groups is 1. The third kappa shape index (κ3) is 12.1. The van der Waals surface area contributed by atoms with Crippen molar-refractivity contribution in [1.29, 1.82) is 0 Å². The van der Waals surface area contributed by atoms with Gasteiger partial charge in [0.25, 0.3) is 0 Å². The number of benzene rings is 3. The molecule has 13 heteroatoms. The number of hydrogen-bond donors (Lipinski definition) is 0. The van der Waals surface area contributed by atoms with Crippen molar-refractivity contribution in [2.75, 3.05) is 65.9 Å². The van der Waals surface area contributed by atoms with E-state index in [1.807, 2.05) is 91.0 Å². The average Bonchev–Trinajstić information content (AvgIpc) is 3.53. The van der Waals surface area contributed by atoms with Crippen molar-refractivity contribution in [2.24, 2.45) is 5.11 Å². The van der Waals surface area contributed by atoms with Crippen molar-refractivity contribution in [3.63, 3.8) is 0 Å². The highest BCUT2D eigenvalue weighted by atomic mass is 16.6. The van der Waals surface area contributed by atoms with E-state index in [1.165, 1.54) is 0 Å². The lowest BCUT2D eigenvalue weighted by atomic mass is 9.96. The Balaban J connectivity index is 1.20. The SMILES string of the molecule is [N-]=[N+]=NCCOCCOCCOC[C@H]1CN([C@H]2CO[C@H](COCc3ccccc3)[C@H](OCc3ccccc3)[C@@H]2OCc2ccccc2)C(=O)O1. The molecule has 0 aromatic heterocycles.